The molecule has 0 atom stereocenters. The van der Waals surface area contributed by atoms with E-state index in [-0.39, 0.29) is 31.2 Å². The minimum atomic E-state index is -0.596. The van der Waals surface area contributed by atoms with Crippen LogP contribution in [0, 0.1) is 5.82 Å². The van der Waals surface area contributed by atoms with Crippen LogP contribution in [-0.4, -0.2) is 35.6 Å². The summed E-state index contributed by atoms with van der Waals surface area (Å²) < 4.78 is 24.2. The van der Waals surface area contributed by atoms with Crippen LogP contribution in [0.4, 0.5) is 4.39 Å². The molecule has 0 fully saturated rings. The second-order valence-corrected chi connectivity index (χ2v) is 7.74. The molecule has 0 saturated carbocycles. The molecule has 2 aromatic carbocycles. The Bertz CT molecular complexity index is 831. The van der Waals surface area contributed by atoms with Crippen LogP contribution >= 0.6 is 0 Å². The van der Waals surface area contributed by atoms with E-state index in [1.54, 1.807) is 13.0 Å². The van der Waals surface area contributed by atoms with Crippen molar-refractivity contribution in [3.05, 3.63) is 71.0 Å². The maximum atomic E-state index is 13.7. The van der Waals surface area contributed by atoms with Crippen molar-refractivity contribution in [3.8, 4) is 0 Å². The Hall–Kier alpha value is -2.73. The van der Waals surface area contributed by atoms with Crippen LogP contribution in [0.3, 0.4) is 0 Å². The molecule has 0 aromatic heterocycles. The predicted molar refractivity (Wildman–Crippen MR) is 109 cm³/mol. The van der Waals surface area contributed by atoms with Gasteiger partial charge in [-0.05, 0) is 51.0 Å². The number of ether oxygens (including phenoxy) is 2. The Balaban J connectivity index is 2.27. The summed E-state index contributed by atoms with van der Waals surface area (Å²) in [5.74, 6) is -1.47. The lowest BCUT2D eigenvalue weighted by Gasteiger charge is -2.25. The minimum Gasteiger partial charge on any atom is -0.462 e. The van der Waals surface area contributed by atoms with E-state index in [4.69, 9.17) is 9.47 Å². The standard InChI is InChI=1S/C23H28FNO4/c1-5-28-22(27)20-13-19(24)12-11-18(20)15-25(14-17-9-7-6-8-10-17)16-21(26)29-23(2,3)4/h6-13H,5,14-16H2,1-4H3. The molecule has 2 rings (SSSR count). The van der Waals surface area contributed by atoms with E-state index in [1.165, 1.54) is 12.1 Å². The molecule has 5 nitrogen and oxygen atoms in total. The first-order valence-corrected chi connectivity index (χ1v) is 9.61. The first-order chi connectivity index (χ1) is 13.7. The fourth-order valence-electron chi connectivity index (χ4n) is 2.89. The molecule has 0 heterocycles. The highest BCUT2D eigenvalue weighted by Crippen LogP contribution is 2.18. The number of hydrogen-bond acceptors (Lipinski definition) is 5. The number of benzene rings is 2. The van der Waals surface area contributed by atoms with Gasteiger partial charge >= 0.3 is 11.9 Å². The lowest BCUT2D eigenvalue weighted by atomic mass is 10.1. The summed E-state index contributed by atoms with van der Waals surface area (Å²) >= 11 is 0. The van der Waals surface area contributed by atoms with Gasteiger partial charge in [-0.2, -0.15) is 0 Å². The Labute approximate surface area is 171 Å². The van der Waals surface area contributed by atoms with Gasteiger partial charge in [0.15, 0.2) is 0 Å². The van der Waals surface area contributed by atoms with Crippen molar-refractivity contribution >= 4 is 11.9 Å². The van der Waals surface area contributed by atoms with Gasteiger partial charge in [0.25, 0.3) is 0 Å². The number of rotatable bonds is 8. The van der Waals surface area contributed by atoms with E-state index < -0.39 is 17.4 Å². The number of halogens is 1. The Morgan fingerprint density at radius 2 is 1.72 bits per heavy atom. The summed E-state index contributed by atoms with van der Waals surface area (Å²) in [6, 6.07) is 13.7. The maximum absolute atomic E-state index is 13.7. The molecule has 0 bridgehead atoms. The third-order valence-corrected chi connectivity index (χ3v) is 3.98. The Morgan fingerprint density at radius 1 is 1.03 bits per heavy atom. The zero-order valence-electron chi connectivity index (χ0n) is 17.4. The van der Waals surface area contributed by atoms with E-state index in [9.17, 15) is 14.0 Å². The van der Waals surface area contributed by atoms with Crippen LogP contribution in [-0.2, 0) is 27.4 Å². The minimum absolute atomic E-state index is 0.0335. The van der Waals surface area contributed by atoms with Gasteiger partial charge in [-0.3, -0.25) is 9.69 Å². The van der Waals surface area contributed by atoms with E-state index in [2.05, 4.69) is 0 Å². The zero-order valence-corrected chi connectivity index (χ0v) is 17.4. The molecule has 156 valence electrons. The van der Waals surface area contributed by atoms with Crippen LogP contribution < -0.4 is 0 Å². The molecule has 0 unspecified atom stereocenters. The number of hydrogen-bond donors (Lipinski definition) is 0. The summed E-state index contributed by atoms with van der Waals surface area (Å²) in [7, 11) is 0. The molecular weight excluding hydrogens is 373 g/mol. The van der Waals surface area contributed by atoms with Crippen LogP contribution in [0.1, 0.15) is 49.2 Å². The van der Waals surface area contributed by atoms with Crippen LogP contribution in [0.15, 0.2) is 48.5 Å². The fourth-order valence-corrected chi connectivity index (χ4v) is 2.89. The topological polar surface area (TPSA) is 55.8 Å². The van der Waals surface area contributed by atoms with Crippen molar-refractivity contribution in [1.82, 2.24) is 4.90 Å². The second kappa shape index (κ2) is 10.2. The van der Waals surface area contributed by atoms with Crippen LogP contribution in [0.5, 0.6) is 0 Å². The summed E-state index contributed by atoms with van der Waals surface area (Å²) in [6.07, 6.45) is 0. The first-order valence-electron chi connectivity index (χ1n) is 9.61. The summed E-state index contributed by atoms with van der Waals surface area (Å²) in [6.45, 7) is 8.09. The van der Waals surface area contributed by atoms with E-state index >= 15 is 0 Å². The van der Waals surface area contributed by atoms with Crippen LogP contribution in [0.25, 0.3) is 0 Å². The number of nitrogens with zero attached hydrogens (tertiary/aromatic N) is 1. The molecule has 0 aliphatic rings. The van der Waals surface area contributed by atoms with Crippen LogP contribution in [0.2, 0.25) is 0 Å². The summed E-state index contributed by atoms with van der Waals surface area (Å²) in [4.78, 5) is 26.5. The van der Waals surface area contributed by atoms with Gasteiger partial charge in [0.05, 0.1) is 18.7 Å². The van der Waals surface area contributed by atoms with Gasteiger partial charge in [0.1, 0.15) is 11.4 Å². The summed E-state index contributed by atoms with van der Waals surface area (Å²) in [5, 5.41) is 0. The van der Waals surface area contributed by atoms with Crippen molar-refractivity contribution in [3.63, 3.8) is 0 Å². The first kappa shape index (κ1) is 22.6. The average molecular weight is 401 g/mol. The highest BCUT2D eigenvalue weighted by Gasteiger charge is 2.22. The fraction of sp³-hybridized carbons (Fsp3) is 0.391. The van der Waals surface area contributed by atoms with Crippen molar-refractivity contribution < 1.29 is 23.5 Å². The molecule has 6 heteroatoms. The van der Waals surface area contributed by atoms with Crippen molar-refractivity contribution in [2.24, 2.45) is 0 Å². The molecule has 0 saturated heterocycles. The van der Waals surface area contributed by atoms with E-state index in [1.807, 2.05) is 56.0 Å². The largest absolute Gasteiger partial charge is 0.462 e. The third-order valence-electron chi connectivity index (χ3n) is 3.98. The molecule has 0 N–H and O–H groups in total. The number of carbonyl (C=O) groups excluding carboxylic acids is 2. The molecule has 0 aliphatic carbocycles. The quantitative estimate of drug-likeness (QED) is 0.616. The lowest BCUT2D eigenvalue weighted by molar-refractivity contribution is -0.156. The van der Waals surface area contributed by atoms with Crippen molar-refractivity contribution in [2.45, 2.75) is 46.4 Å². The Kier molecular flexibility index (Phi) is 7.91. The van der Waals surface area contributed by atoms with Crippen molar-refractivity contribution in [1.29, 1.82) is 0 Å². The Morgan fingerprint density at radius 3 is 2.34 bits per heavy atom. The zero-order chi connectivity index (χ0) is 21.4. The lowest BCUT2D eigenvalue weighted by Crippen LogP contribution is -2.34. The van der Waals surface area contributed by atoms with Gasteiger partial charge in [-0.1, -0.05) is 36.4 Å². The van der Waals surface area contributed by atoms with Crippen molar-refractivity contribution in [2.75, 3.05) is 13.2 Å². The van der Waals surface area contributed by atoms with Gasteiger partial charge in [-0.25, -0.2) is 9.18 Å². The molecule has 2 aromatic rings. The molecule has 29 heavy (non-hydrogen) atoms. The van der Waals surface area contributed by atoms with Gasteiger partial charge in [0, 0.05) is 13.1 Å². The maximum Gasteiger partial charge on any atom is 0.338 e. The highest BCUT2D eigenvalue weighted by atomic mass is 19.1. The summed E-state index contributed by atoms with van der Waals surface area (Å²) in [5.41, 5.74) is 1.16. The van der Waals surface area contributed by atoms with Gasteiger partial charge in [0.2, 0.25) is 0 Å². The SMILES string of the molecule is CCOC(=O)c1cc(F)ccc1CN(CC(=O)OC(C)(C)C)Cc1ccccc1. The highest BCUT2D eigenvalue weighted by molar-refractivity contribution is 5.91. The molecule has 0 aliphatic heterocycles. The third kappa shape index (κ3) is 7.66. The smallest absolute Gasteiger partial charge is 0.338 e. The van der Waals surface area contributed by atoms with Gasteiger partial charge in [-0.15, -0.1) is 0 Å². The number of esters is 2. The second-order valence-electron chi connectivity index (χ2n) is 7.74. The van der Waals surface area contributed by atoms with E-state index in [0.717, 1.165) is 5.56 Å². The molecular formula is C23H28FNO4. The number of carbonyl (C=O) groups is 2. The molecule has 0 spiro atoms. The molecule has 0 radical (unpaired) electrons. The van der Waals surface area contributed by atoms with Gasteiger partial charge < -0.3 is 9.47 Å². The van der Waals surface area contributed by atoms with E-state index in [0.29, 0.717) is 12.1 Å². The monoisotopic (exact) mass is 401 g/mol. The predicted octanol–water partition coefficient (Wildman–Crippen LogP) is 4.35. The average Bonchev–Trinajstić information content (AvgIpc) is 2.62. The molecule has 0 amide bonds. The normalized spacial score (nSPS) is 11.4.